The molecule has 11 heteroatoms. The first-order valence-corrected chi connectivity index (χ1v) is 9.69. The summed E-state index contributed by atoms with van der Waals surface area (Å²) in [6, 6.07) is 5.83. The average molecular weight is 441 g/mol. The Morgan fingerprint density at radius 1 is 1.28 bits per heavy atom. The normalized spacial score (nSPS) is 12.7. The van der Waals surface area contributed by atoms with Gasteiger partial charge in [0.15, 0.2) is 11.6 Å². The van der Waals surface area contributed by atoms with Crippen molar-refractivity contribution >= 4 is 40.0 Å². The Balaban J connectivity index is 1.81. The monoisotopic (exact) mass is 441 g/mol. The molecule has 0 aliphatic heterocycles. The Labute approximate surface area is 187 Å². The van der Waals surface area contributed by atoms with Crippen LogP contribution in [-0.4, -0.2) is 44.5 Å². The first-order chi connectivity index (χ1) is 16.6. The zero-order valence-corrected chi connectivity index (χ0v) is 17.6. The number of ether oxygens (including phenoxy) is 1. The van der Waals surface area contributed by atoms with Gasteiger partial charge in [-0.25, -0.2) is 9.37 Å². The van der Waals surface area contributed by atoms with Crippen LogP contribution in [-0.2, 0) is 13.6 Å². The molecule has 0 bridgehead atoms. The van der Waals surface area contributed by atoms with Crippen LogP contribution < -0.4 is 20.7 Å². The predicted molar refractivity (Wildman–Crippen MR) is 119 cm³/mol. The van der Waals surface area contributed by atoms with E-state index in [2.05, 4.69) is 25.8 Å². The van der Waals surface area contributed by atoms with E-state index >= 15 is 0 Å². The van der Waals surface area contributed by atoms with Crippen LogP contribution in [0.5, 0.6) is 5.75 Å². The summed E-state index contributed by atoms with van der Waals surface area (Å²) < 4.78 is 45.7. The van der Waals surface area contributed by atoms with E-state index in [0.29, 0.717) is 23.7 Å². The highest BCUT2D eigenvalue weighted by atomic mass is 19.1. The molecule has 0 aliphatic carbocycles. The van der Waals surface area contributed by atoms with Crippen molar-refractivity contribution in [1.82, 2.24) is 29.9 Å². The summed E-state index contributed by atoms with van der Waals surface area (Å²) in [4.78, 5) is 17.2. The van der Waals surface area contributed by atoms with Crippen LogP contribution in [0.25, 0.3) is 10.9 Å². The highest BCUT2D eigenvalue weighted by Crippen LogP contribution is 2.37. The second-order valence-corrected chi connectivity index (χ2v) is 6.83. The van der Waals surface area contributed by atoms with Crippen LogP contribution in [0.4, 0.5) is 27.5 Å². The molecular weight excluding hydrogens is 415 g/mol. The SMILES string of the molecule is [2H]C([2H])([2H])NC(=O)c1ccc(Nc2ccn(C)n2)nc1Nc1cc(F)c2cnn(CC)c2c1OC. The van der Waals surface area contributed by atoms with Crippen molar-refractivity contribution in [2.45, 2.75) is 13.5 Å². The maximum absolute atomic E-state index is 14.9. The fraction of sp³-hybridized carbons (Fsp3) is 0.238. The molecule has 32 heavy (non-hydrogen) atoms. The summed E-state index contributed by atoms with van der Waals surface area (Å²) in [7, 11) is 3.19. The third kappa shape index (κ3) is 3.80. The van der Waals surface area contributed by atoms with Gasteiger partial charge in [-0.15, -0.1) is 0 Å². The van der Waals surface area contributed by atoms with Crippen LogP contribution in [0, 0.1) is 5.82 Å². The van der Waals surface area contributed by atoms with Crippen LogP contribution in [0.3, 0.4) is 0 Å². The van der Waals surface area contributed by atoms with E-state index in [1.54, 1.807) is 28.7 Å². The summed E-state index contributed by atoms with van der Waals surface area (Å²) in [5.74, 6) is -0.360. The summed E-state index contributed by atoms with van der Waals surface area (Å²) in [6.07, 6.45) is 3.14. The number of nitrogens with zero attached hydrogens (tertiary/aromatic N) is 5. The lowest BCUT2D eigenvalue weighted by Gasteiger charge is -2.16. The Morgan fingerprint density at radius 3 is 2.81 bits per heavy atom. The fourth-order valence-electron chi connectivity index (χ4n) is 3.35. The zero-order chi connectivity index (χ0) is 25.3. The number of amides is 1. The minimum atomic E-state index is -2.71. The Kier molecular flexibility index (Phi) is 4.67. The van der Waals surface area contributed by atoms with Gasteiger partial charge in [-0.1, -0.05) is 0 Å². The standard InChI is InChI=1S/C21H23FN8O2/c1-5-30-18-13(11-24-30)14(22)10-15(19(18)32-4)25-20-12(21(31)23-2)6-7-16(27-20)26-17-8-9-29(3)28-17/h6-11H,5H2,1-4H3,(H,23,31)(H2,25,26,27,28)/i2D3. The van der Waals surface area contributed by atoms with Gasteiger partial charge in [0.05, 0.1) is 29.9 Å². The van der Waals surface area contributed by atoms with Gasteiger partial charge in [0.2, 0.25) is 0 Å². The number of fused-ring (bicyclic) bond motifs is 1. The number of aryl methyl sites for hydroxylation is 2. The quantitative estimate of drug-likeness (QED) is 0.404. The van der Waals surface area contributed by atoms with Gasteiger partial charge >= 0.3 is 0 Å². The molecule has 0 saturated carbocycles. The largest absolute Gasteiger partial charge is 0.492 e. The van der Waals surface area contributed by atoms with Crippen molar-refractivity contribution in [2.75, 3.05) is 24.7 Å². The van der Waals surface area contributed by atoms with E-state index < -0.39 is 18.7 Å². The van der Waals surface area contributed by atoms with Crippen LogP contribution in [0.1, 0.15) is 21.4 Å². The number of pyridine rings is 1. The van der Waals surface area contributed by atoms with Crippen molar-refractivity contribution in [2.24, 2.45) is 7.05 Å². The molecular formula is C21H23FN8O2. The molecule has 0 saturated heterocycles. The molecule has 0 spiro atoms. The number of carbonyl (C=O) groups excluding carboxylic acids is 1. The van der Waals surface area contributed by atoms with Gasteiger partial charge in [-0.3, -0.25) is 14.2 Å². The average Bonchev–Trinajstić information content (AvgIpc) is 3.39. The summed E-state index contributed by atoms with van der Waals surface area (Å²) in [6.45, 7) is -0.387. The van der Waals surface area contributed by atoms with E-state index in [-0.39, 0.29) is 28.2 Å². The van der Waals surface area contributed by atoms with E-state index in [9.17, 15) is 9.18 Å². The molecule has 1 amide bonds. The zero-order valence-electron chi connectivity index (χ0n) is 20.6. The second kappa shape index (κ2) is 8.53. The van der Waals surface area contributed by atoms with Crippen LogP contribution >= 0.6 is 0 Å². The molecule has 10 nitrogen and oxygen atoms in total. The van der Waals surface area contributed by atoms with E-state index in [1.165, 1.54) is 31.5 Å². The van der Waals surface area contributed by atoms with Crippen LogP contribution in [0.2, 0.25) is 0 Å². The number of benzene rings is 1. The minimum Gasteiger partial charge on any atom is -0.492 e. The third-order valence-electron chi connectivity index (χ3n) is 4.81. The third-order valence-corrected chi connectivity index (χ3v) is 4.81. The molecule has 0 aliphatic rings. The molecule has 0 unspecified atom stereocenters. The van der Waals surface area contributed by atoms with E-state index in [0.717, 1.165) is 0 Å². The second-order valence-electron chi connectivity index (χ2n) is 6.83. The van der Waals surface area contributed by atoms with Crippen LogP contribution in [0.15, 0.2) is 36.7 Å². The number of hydrogen-bond acceptors (Lipinski definition) is 7. The molecule has 0 fully saturated rings. The number of methoxy groups -OCH3 is 1. The number of rotatable bonds is 7. The number of nitrogens with one attached hydrogen (secondary N) is 3. The Morgan fingerprint density at radius 2 is 2.12 bits per heavy atom. The Bertz CT molecular complexity index is 1400. The molecule has 3 heterocycles. The minimum absolute atomic E-state index is 0.0210. The van der Waals surface area contributed by atoms with Crippen molar-refractivity contribution in [3.63, 3.8) is 0 Å². The highest BCUT2D eigenvalue weighted by Gasteiger charge is 2.20. The molecule has 0 radical (unpaired) electrons. The first-order valence-electron chi connectivity index (χ1n) is 11.2. The van der Waals surface area contributed by atoms with Gasteiger partial charge in [-0.2, -0.15) is 10.2 Å². The molecule has 4 rings (SSSR count). The fourth-order valence-corrected chi connectivity index (χ4v) is 3.35. The molecule has 4 aromatic rings. The molecule has 3 aromatic heterocycles. The number of anilines is 4. The first kappa shape index (κ1) is 17.5. The predicted octanol–water partition coefficient (Wildman–Crippen LogP) is 3.18. The summed E-state index contributed by atoms with van der Waals surface area (Å²) in [5.41, 5.74) is 0.533. The maximum Gasteiger partial charge on any atom is 0.254 e. The van der Waals surface area contributed by atoms with Gasteiger partial charge in [-0.05, 0) is 19.1 Å². The van der Waals surface area contributed by atoms with Gasteiger partial charge < -0.3 is 20.7 Å². The summed E-state index contributed by atoms with van der Waals surface area (Å²) >= 11 is 0. The van der Waals surface area contributed by atoms with Gasteiger partial charge in [0.1, 0.15) is 23.0 Å². The Hall–Kier alpha value is -4.15. The topological polar surface area (TPSA) is 111 Å². The number of aromatic nitrogens is 5. The molecule has 0 atom stereocenters. The smallest absolute Gasteiger partial charge is 0.254 e. The molecule has 1 aromatic carbocycles. The molecule has 166 valence electrons. The molecule has 3 N–H and O–H groups in total. The summed E-state index contributed by atoms with van der Waals surface area (Å²) in [5, 5.41) is 16.6. The van der Waals surface area contributed by atoms with Crippen molar-refractivity contribution in [3.8, 4) is 5.75 Å². The number of carbonyl (C=O) groups is 1. The lowest BCUT2D eigenvalue weighted by Crippen LogP contribution is -2.20. The lowest BCUT2D eigenvalue weighted by atomic mass is 10.1. The van der Waals surface area contributed by atoms with Crippen molar-refractivity contribution in [1.29, 1.82) is 0 Å². The van der Waals surface area contributed by atoms with Gasteiger partial charge in [0.25, 0.3) is 5.91 Å². The van der Waals surface area contributed by atoms with E-state index in [4.69, 9.17) is 8.85 Å². The maximum atomic E-state index is 14.9. The number of hydrogen-bond donors (Lipinski definition) is 3. The lowest BCUT2D eigenvalue weighted by molar-refractivity contribution is 0.0963. The van der Waals surface area contributed by atoms with Gasteiger partial charge in [0, 0.05) is 43.0 Å². The van der Waals surface area contributed by atoms with Crippen molar-refractivity contribution < 1.29 is 18.0 Å². The number of halogens is 1. The van der Waals surface area contributed by atoms with Crippen molar-refractivity contribution in [3.05, 3.63) is 48.0 Å². The van der Waals surface area contributed by atoms with E-state index in [1.807, 2.05) is 12.2 Å². The highest BCUT2D eigenvalue weighted by molar-refractivity contribution is 6.00.